The Bertz CT molecular complexity index is 689. The number of nitrogens with two attached hydrogens (primary N) is 1. The minimum Gasteiger partial charge on any atom is -0.495 e. The molecule has 0 atom stereocenters. The third-order valence-corrected chi connectivity index (χ3v) is 3.98. The molecule has 0 aliphatic rings. The number of hydrogen-bond donors (Lipinski definition) is 2. The normalized spacial score (nSPS) is 11.2. The lowest BCUT2D eigenvalue weighted by molar-refractivity contribution is 0.416. The van der Waals surface area contributed by atoms with Crippen LogP contribution in [0.15, 0.2) is 41.4 Å². The van der Waals surface area contributed by atoms with Crippen molar-refractivity contribution in [3.8, 4) is 5.75 Å². The van der Waals surface area contributed by atoms with Gasteiger partial charge in [-0.1, -0.05) is 0 Å². The number of ether oxygens (including phenoxy) is 1. The van der Waals surface area contributed by atoms with E-state index in [1.54, 1.807) is 12.1 Å². The van der Waals surface area contributed by atoms with Crippen molar-refractivity contribution in [1.29, 1.82) is 0 Å². The highest BCUT2D eigenvalue weighted by Gasteiger charge is 2.15. The van der Waals surface area contributed by atoms with E-state index in [0.29, 0.717) is 11.4 Å². The second-order valence-corrected chi connectivity index (χ2v) is 5.71. The quantitative estimate of drug-likeness (QED) is 0.780. The van der Waals surface area contributed by atoms with Crippen LogP contribution in [0.5, 0.6) is 5.75 Å². The van der Waals surface area contributed by atoms with Gasteiger partial charge in [-0.05, 0) is 30.3 Å². The van der Waals surface area contributed by atoms with Gasteiger partial charge in [0.15, 0.2) is 0 Å². The largest absolute Gasteiger partial charge is 0.495 e. The Morgan fingerprint density at radius 1 is 1.35 bits per heavy atom. The Morgan fingerprint density at radius 2 is 2.15 bits per heavy atom. The number of benzene rings is 1. The lowest BCUT2D eigenvalue weighted by Crippen LogP contribution is -2.24. The van der Waals surface area contributed by atoms with Gasteiger partial charge in [-0.3, -0.25) is 0 Å². The number of nitrogen functional groups attached to an aromatic ring is 1. The fourth-order valence-corrected chi connectivity index (χ4v) is 2.59. The van der Waals surface area contributed by atoms with Crippen LogP contribution in [0.1, 0.15) is 5.69 Å². The molecular weight excluding hydrogens is 280 g/mol. The summed E-state index contributed by atoms with van der Waals surface area (Å²) in [4.78, 5) is 0.0692. The van der Waals surface area contributed by atoms with Crippen LogP contribution in [-0.2, 0) is 16.6 Å². The van der Waals surface area contributed by atoms with Crippen LogP contribution in [0.4, 0.5) is 5.69 Å². The lowest BCUT2D eigenvalue weighted by Gasteiger charge is -2.09. The maximum atomic E-state index is 12.1. The van der Waals surface area contributed by atoms with E-state index in [-0.39, 0.29) is 17.1 Å². The summed E-state index contributed by atoms with van der Waals surface area (Å²) >= 11 is 0. The zero-order chi connectivity index (χ0) is 14.6. The molecule has 0 unspecified atom stereocenters. The van der Waals surface area contributed by atoms with Crippen molar-refractivity contribution in [2.24, 2.45) is 0 Å². The van der Waals surface area contributed by atoms with Crippen LogP contribution >= 0.6 is 0 Å². The van der Waals surface area contributed by atoms with Crippen molar-refractivity contribution in [3.05, 3.63) is 42.2 Å². The Hall–Kier alpha value is -2.19. The van der Waals surface area contributed by atoms with Gasteiger partial charge in [0, 0.05) is 6.20 Å². The average Bonchev–Trinajstić information content (AvgIpc) is 2.46. The summed E-state index contributed by atoms with van der Waals surface area (Å²) in [6.07, 6.45) is 1.52. The number of sulfonamides is 1. The van der Waals surface area contributed by atoms with Crippen molar-refractivity contribution in [2.45, 2.75) is 11.4 Å². The van der Waals surface area contributed by atoms with Crippen LogP contribution in [0.3, 0.4) is 0 Å². The number of methoxy groups -OCH3 is 1. The molecular formula is C12H14N4O3S. The van der Waals surface area contributed by atoms with E-state index in [2.05, 4.69) is 14.9 Å². The van der Waals surface area contributed by atoms with Gasteiger partial charge in [0.25, 0.3) is 0 Å². The Balaban J connectivity index is 2.16. The molecule has 0 spiro atoms. The zero-order valence-electron chi connectivity index (χ0n) is 10.8. The molecule has 106 valence electrons. The van der Waals surface area contributed by atoms with Gasteiger partial charge >= 0.3 is 0 Å². The summed E-state index contributed by atoms with van der Waals surface area (Å²) in [5.74, 6) is 0.429. The molecule has 20 heavy (non-hydrogen) atoms. The van der Waals surface area contributed by atoms with Gasteiger partial charge in [0.05, 0.1) is 29.9 Å². The van der Waals surface area contributed by atoms with E-state index in [4.69, 9.17) is 10.5 Å². The van der Waals surface area contributed by atoms with Crippen LogP contribution in [0.2, 0.25) is 0 Å². The molecule has 0 aliphatic carbocycles. The molecule has 0 saturated carbocycles. The molecule has 1 aromatic heterocycles. The first-order valence-electron chi connectivity index (χ1n) is 5.72. The standard InChI is InChI=1S/C12H14N4O3S/c1-19-12-5-4-10(7-11(12)13)20(17,18)15-8-9-3-2-6-14-16-9/h2-7,15H,8,13H2,1H3. The van der Waals surface area contributed by atoms with E-state index in [9.17, 15) is 8.42 Å². The first-order chi connectivity index (χ1) is 9.53. The summed E-state index contributed by atoms with van der Waals surface area (Å²) in [7, 11) is -2.19. The van der Waals surface area contributed by atoms with Gasteiger partial charge < -0.3 is 10.5 Å². The highest BCUT2D eigenvalue weighted by Crippen LogP contribution is 2.24. The average molecular weight is 294 g/mol. The Morgan fingerprint density at radius 3 is 2.75 bits per heavy atom. The summed E-state index contributed by atoms with van der Waals surface area (Å²) in [5, 5.41) is 7.47. The summed E-state index contributed by atoms with van der Waals surface area (Å²) < 4.78 is 31.6. The number of nitrogens with one attached hydrogen (secondary N) is 1. The Kier molecular flexibility index (Phi) is 4.16. The van der Waals surface area contributed by atoms with Crippen molar-refractivity contribution < 1.29 is 13.2 Å². The van der Waals surface area contributed by atoms with E-state index in [1.807, 2.05) is 0 Å². The van der Waals surface area contributed by atoms with Gasteiger partial charge in [-0.15, -0.1) is 0 Å². The highest BCUT2D eigenvalue weighted by atomic mass is 32.2. The summed E-state index contributed by atoms with van der Waals surface area (Å²) in [6.45, 7) is 0.0576. The minimum absolute atomic E-state index is 0.0576. The molecule has 0 amide bonds. The first kappa shape index (κ1) is 14.2. The number of aromatic nitrogens is 2. The van der Waals surface area contributed by atoms with Crippen molar-refractivity contribution >= 4 is 15.7 Å². The van der Waals surface area contributed by atoms with Crippen LogP contribution in [0.25, 0.3) is 0 Å². The molecule has 7 nitrogen and oxygen atoms in total. The molecule has 1 aromatic carbocycles. The van der Waals surface area contributed by atoms with Gasteiger partial charge in [-0.2, -0.15) is 10.2 Å². The molecule has 0 radical (unpaired) electrons. The summed E-state index contributed by atoms with van der Waals surface area (Å²) in [6, 6.07) is 7.64. The van der Waals surface area contributed by atoms with E-state index >= 15 is 0 Å². The topological polar surface area (TPSA) is 107 Å². The molecule has 2 rings (SSSR count). The summed E-state index contributed by atoms with van der Waals surface area (Å²) in [5.41, 5.74) is 6.48. The van der Waals surface area contributed by atoms with E-state index < -0.39 is 10.0 Å². The fraction of sp³-hybridized carbons (Fsp3) is 0.167. The highest BCUT2D eigenvalue weighted by molar-refractivity contribution is 7.89. The van der Waals surface area contributed by atoms with Crippen LogP contribution in [-0.4, -0.2) is 25.7 Å². The molecule has 0 bridgehead atoms. The predicted octanol–water partition coefficient (Wildman–Crippen LogP) is 0.546. The van der Waals surface area contributed by atoms with Crippen LogP contribution < -0.4 is 15.2 Å². The second-order valence-electron chi connectivity index (χ2n) is 3.94. The number of anilines is 1. The third-order valence-electron chi connectivity index (χ3n) is 2.58. The second kappa shape index (κ2) is 5.85. The number of hydrogen-bond acceptors (Lipinski definition) is 6. The molecule has 1 heterocycles. The van der Waals surface area contributed by atoms with Gasteiger partial charge in [0.2, 0.25) is 10.0 Å². The zero-order valence-corrected chi connectivity index (χ0v) is 11.6. The maximum Gasteiger partial charge on any atom is 0.241 e. The van der Waals surface area contributed by atoms with Crippen molar-refractivity contribution in [1.82, 2.24) is 14.9 Å². The molecule has 0 saturated heterocycles. The smallest absolute Gasteiger partial charge is 0.241 e. The first-order valence-corrected chi connectivity index (χ1v) is 7.21. The van der Waals surface area contributed by atoms with Gasteiger partial charge in [0.1, 0.15) is 5.75 Å². The monoisotopic (exact) mass is 294 g/mol. The number of nitrogens with zero attached hydrogens (tertiary/aromatic N) is 2. The van der Waals surface area contributed by atoms with Gasteiger partial charge in [-0.25, -0.2) is 13.1 Å². The molecule has 0 fully saturated rings. The SMILES string of the molecule is COc1ccc(S(=O)(=O)NCc2cccnn2)cc1N. The fourth-order valence-electron chi connectivity index (χ4n) is 1.56. The van der Waals surface area contributed by atoms with Crippen molar-refractivity contribution in [2.75, 3.05) is 12.8 Å². The maximum absolute atomic E-state index is 12.1. The molecule has 0 aliphatic heterocycles. The molecule has 8 heteroatoms. The van der Waals surface area contributed by atoms with Crippen LogP contribution in [0, 0.1) is 0 Å². The Labute approximate surface area is 116 Å². The third kappa shape index (κ3) is 3.22. The minimum atomic E-state index is -3.66. The van der Waals surface area contributed by atoms with Crippen molar-refractivity contribution in [3.63, 3.8) is 0 Å². The van der Waals surface area contributed by atoms with E-state index in [1.165, 1.54) is 31.5 Å². The number of rotatable bonds is 5. The molecule has 2 aromatic rings. The predicted molar refractivity (Wildman–Crippen MR) is 73.5 cm³/mol. The molecule has 3 N–H and O–H groups in total. The van der Waals surface area contributed by atoms with E-state index in [0.717, 1.165) is 0 Å². The lowest BCUT2D eigenvalue weighted by atomic mass is 10.3.